The van der Waals surface area contributed by atoms with Crippen LogP contribution in [-0.4, -0.2) is 6.54 Å². The zero-order valence-corrected chi connectivity index (χ0v) is 12.1. The maximum Gasteiger partial charge on any atom is 0.0323 e. The summed E-state index contributed by atoms with van der Waals surface area (Å²) in [6.07, 6.45) is 5.20. The van der Waals surface area contributed by atoms with Gasteiger partial charge < -0.3 is 5.32 Å². The van der Waals surface area contributed by atoms with E-state index in [9.17, 15) is 0 Å². The monoisotopic (exact) mass is 245 g/mol. The Kier molecular flexibility index (Phi) is 4.82. The van der Waals surface area contributed by atoms with Crippen molar-refractivity contribution in [2.24, 2.45) is 11.8 Å². The van der Waals surface area contributed by atoms with E-state index in [1.54, 1.807) is 11.1 Å². The van der Waals surface area contributed by atoms with Crippen LogP contribution in [0.5, 0.6) is 0 Å². The van der Waals surface area contributed by atoms with Crippen molar-refractivity contribution in [2.45, 2.75) is 52.5 Å². The van der Waals surface area contributed by atoms with Crippen molar-refractivity contribution in [1.29, 1.82) is 0 Å². The van der Waals surface area contributed by atoms with Gasteiger partial charge in [-0.2, -0.15) is 0 Å². The maximum atomic E-state index is 3.78. The molecular formula is C17H27N. The normalized spacial score (nSPS) is 20.8. The fraction of sp³-hybridized carbons (Fsp3) is 0.647. The van der Waals surface area contributed by atoms with E-state index >= 15 is 0 Å². The minimum Gasteiger partial charge on any atom is -0.310 e. The zero-order chi connectivity index (χ0) is 13.0. The van der Waals surface area contributed by atoms with E-state index in [0.717, 1.165) is 18.4 Å². The molecule has 1 heteroatoms. The Labute approximate surface area is 112 Å². The Hall–Kier alpha value is -0.820. The van der Waals surface area contributed by atoms with Gasteiger partial charge in [0.1, 0.15) is 0 Å². The van der Waals surface area contributed by atoms with Gasteiger partial charge in [0.15, 0.2) is 0 Å². The molecule has 0 spiro atoms. The summed E-state index contributed by atoms with van der Waals surface area (Å²) in [6, 6.07) is 9.53. The van der Waals surface area contributed by atoms with Gasteiger partial charge in [0.25, 0.3) is 0 Å². The number of hydrogen-bond donors (Lipinski definition) is 1. The molecule has 0 saturated carbocycles. The molecule has 100 valence electrons. The van der Waals surface area contributed by atoms with Crippen LogP contribution in [-0.2, 0) is 6.42 Å². The summed E-state index contributed by atoms with van der Waals surface area (Å²) in [6.45, 7) is 8.14. The van der Waals surface area contributed by atoms with Gasteiger partial charge >= 0.3 is 0 Å². The molecule has 1 aliphatic carbocycles. The molecule has 0 fully saturated rings. The first-order valence-corrected chi connectivity index (χ1v) is 7.48. The van der Waals surface area contributed by atoms with Crippen LogP contribution in [0.1, 0.15) is 57.2 Å². The number of nitrogens with one attached hydrogen (secondary N) is 1. The molecule has 1 aliphatic rings. The average molecular weight is 245 g/mol. The van der Waals surface area contributed by atoms with E-state index in [-0.39, 0.29) is 0 Å². The lowest BCUT2D eigenvalue weighted by atomic mass is 9.87. The minimum absolute atomic E-state index is 0.588. The Bertz CT molecular complexity index is 370. The molecule has 2 unspecified atom stereocenters. The van der Waals surface area contributed by atoms with Crippen LogP contribution in [0.2, 0.25) is 0 Å². The van der Waals surface area contributed by atoms with E-state index < -0.39 is 0 Å². The SMILES string of the molecule is CC(C)CC(C)CNC1CCCc2ccccc21. The van der Waals surface area contributed by atoms with Crippen LogP contribution in [0.15, 0.2) is 24.3 Å². The molecule has 1 N–H and O–H groups in total. The van der Waals surface area contributed by atoms with Gasteiger partial charge in [-0.1, -0.05) is 45.0 Å². The average Bonchev–Trinajstić information content (AvgIpc) is 2.35. The van der Waals surface area contributed by atoms with E-state index in [4.69, 9.17) is 0 Å². The fourth-order valence-corrected chi connectivity index (χ4v) is 3.20. The van der Waals surface area contributed by atoms with Crippen molar-refractivity contribution in [3.8, 4) is 0 Å². The Morgan fingerprint density at radius 2 is 2.00 bits per heavy atom. The van der Waals surface area contributed by atoms with E-state index in [2.05, 4.69) is 50.4 Å². The van der Waals surface area contributed by atoms with Crippen molar-refractivity contribution in [1.82, 2.24) is 5.32 Å². The van der Waals surface area contributed by atoms with Gasteiger partial charge in [-0.15, -0.1) is 0 Å². The van der Waals surface area contributed by atoms with Crippen molar-refractivity contribution >= 4 is 0 Å². The second kappa shape index (κ2) is 6.38. The molecule has 18 heavy (non-hydrogen) atoms. The molecule has 0 radical (unpaired) electrons. The quantitative estimate of drug-likeness (QED) is 0.814. The Morgan fingerprint density at radius 1 is 1.22 bits per heavy atom. The summed E-state index contributed by atoms with van der Waals surface area (Å²) < 4.78 is 0. The molecule has 0 bridgehead atoms. The van der Waals surface area contributed by atoms with Gasteiger partial charge in [-0.3, -0.25) is 0 Å². The lowest BCUT2D eigenvalue weighted by Gasteiger charge is -2.28. The molecule has 0 heterocycles. The molecule has 0 aliphatic heterocycles. The fourth-order valence-electron chi connectivity index (χ4n) is 3.20. The summed E-state index contributed by atoms with van der Waals surface area (Å²) in [5.74, 6) is 1.58. The second-order valence-corrected chi connectivity index (χ2v) is 6.29. The van der Waals surface area contributed by atoms with Crippen LogP contribution in [0.4, 0.5) is 0 Å². The van der Waals surface area contributed by atoms with Crippen molar-refractivity contribution in [3.05, 3.63) is 35.4 Å². The number of aryl methyl sites for hydroxylation is 1. The molecule has 1 aromatic carbocycles. The lowest BCUT2D eigenvalue weighted by Crippen LogP contribution is -2.29. The Morgan fingerprint density at radius 3 is 2.78 bits per heavy atom. The first-order valence-electron chi connectivity index (χ1n) is 7.48. The highest BCUT2D eigenvalue weighted by Gasteiger charge is 2.19. The molecular weight excluding hydrogens is 218 g/mol. The highest BCUT2D eigenvalue weighted by Crippen LogP contribution is 2.29. The lowest BCUT2D eigenvalue weighted by molar-refractivity contribution is 0.371. The molecule has 2 atom stereocenters. The molecule has 0 saturated heterocycles. The van der Waals surface area contributed by atoms with Crippen LogP contribution < -0.4 is 5.32 Å². The van der Waals surface area contributed by atoms with Gasteiger partial charge in [-0.25, -0.2) is 0 Å². The Balaban J connectivity index is 1.91. The van der Waals surface area contributed by atoms with Crippen LogP contribution in [0, 0.1) is 11.8 Å². The first-order chi connectivity index (χ1) is 8.66. The van der Waals surface area contributed by atoms with Gasteiger partial charge in [-0.05, 0) is 55.2 Å². The van der Waals surface area contributed by atoms with Gasteiger partial charge in [0, 0.05) is 6.04 Å². The zero-order valence-electron chi connectivity index (χ0n) is 12.1. The number of rotatable bonds is 5. The highest BCUT2D eigenvalue weighted by atomic mass is 14.9. The minimum atomic E-state index is 0.588. The first kappa shape index (κ1) is 13.6. The number of benzene rings is 1. The third-order valence-corrected chi connectivity index (χ3v) is 3.96. The highest BCUT2D eigenvalue weighted by molar-refractivity contribution is 5.32. The van der Waals surface area contributed by atoms with E-state index in [1.807, 2.05) is 0 Å². The third-order valence-electron chi connectivity index (χ3n) is 3.96. The van der Waals surface area contributed by atoms with E-state index in [1.165, 1.54) is 25.7 Å². The summed E-state index contributed by atoms with van der Waals surface area (Å²) in [5.41, 5.74) is 3.10. The van der Waals surface area contributed by atoms with Crippen LogP contribution in [0.25, 0.3) is 0 Å². The van der Waals surface area contributed by atoms with Crippen molar-refractivity contribution in [2.75, 3.05) is 6.54 Å². The summed E-state index contributed by atoms with van der Waals surface area (Å²) in [7, 11) is 0. The standard InChI is InChI=1S/C17H27N/c1-13(2)11-14(3)12-18-17-10-6-8-15-7-4-5-9-16(15)17/h4-5,7,9,13-14,17-18H,6,8,10-12H2,1-3H3. The topological polar surface area (TPSA) is 12.0 Å². The predicted molar refractivity (Wildman–Crippen MR) is 78.7 cm³/mol. The number of fused-ring (bicyclic) bond motifs is 1. The third kappa shape index (κ3) is 3.58. The molecule has 0 amide bonds. The molecule has 2 rings (SSSR count). The van der Waals surface area contributed by atoms with Crippen LogP contribution in [0.3, 0.4) is 0 Å². The summed E-state index contributed by atoms with van der Waals surface area (Å²) in [5, 5.41) is 3.78. The smallest absolute Gasteiger partial charge is 0.0323 e. The van der Waals surface area contributed by atoms with E-state index in [0.29, 0.717) is 6.04 Å². The molecule has 1 aromatic rings. The molecule has 0 aromatic heterocycles. The van der Waals surface area contributed by atoms with Crippen molar-refractivity contribution in [3.63, 3.8) is 0 Å². The van der Waals surface area contributed by atoms with Gasteiger partial charge in [0.2, 0.25) is 0 Å². The number of hydrogen-bond acceptors (Lipinski definition) is 1. The predicted octanol–water partition coefficient (Wildman–Crippen LogP) is 4.34. The second-order valence-electron chi connectivity index (χ2n) is 6.29. The summed E-state index contributed by atoms with van der Waals surface area (Å²) >= 11 is 0. The molecule has 1 nitrogen and oxygen atoms in total. The largest absolute Gasteiger partial charge is 0.310 e. The maximum absolute atomic E-state index is 3.78. The van der Waals surface area contributed by atoms with Crippen molar-refractivity contribution < 1.29 is 0 Å². The van der Waals surface area contributed by atoms with Crippen LogP contribution >= 0.6 is 0 Å². The van der Waals surface area contributed by atoms with Gasteiger partial charge in [0.05, 0.1) is 0 Å². The summed E-state index contributed by atoms with van der Waals surface area (Å²) in [4.78, 5) is 0.